The van der Waals surface area contributed by atoms with E-state index >= 15 is 0 Å². The van der Waals surface area contributed by atoms with Crippen LogP contribution in [-0.4, -0.2) is 54.7 Å². The summed E-state index contributed by atoms with van der Waals surface area (Å²) in [6.07, 6.45) is 2.62. The second-order valence-electron chi connectivity index (χ2n) is 6.80. The Morgan fingerprint density at radius 1 is 1.12 bits per heavy atom. The average molecular weight is 383 g/mol. The van der Waals surface area contributed by atoms with Crippen LogP contribution in [0.2, 0.25) is 0 Å². The second kappa shape index (κ2) is 9.21. The number of urea groups is 1. The van der Waals surface area contributed by atoms with Crippen LogP contribution in [0.25, 0.3) is 0 Å². The lowest BCUT2D eigenvalue weighted by Crippen LogP contribution is -2.60. The van der Waals surface area contributed by atoms with Gasteiger partial charge in [-0.1, -0.05) is 18.2 Å². The van der Waals surface area contributed by atoms with E-state index in [9.17, 15) is 9.59 Å². The minimum atomic E-state index is -0.788. The molecule has 0 spiro atoms. The zero-order valence-electron chi connectivity index (χ0n) is 14.8. The van der Waals surface area contributed by atoms with Crippen molar-refractivity contribution < 1.29 is 14.3 Å². The van der Waals surface area contributed by atoms with E-state index in [4.69, 9.17) is 10.5 Å². The maximum Gasteiger partial charge on any atom is 0.319 e. The molecule has 2 saturated heterocycles. The predicted molar refractivity (Wildman–Crippen MR) is 102 cm³/mol. The smallest absolute Gasteiger partial charge is 0.319 e. The van der Waals surface area contributed by atoms with Crippen LogP contribution in [0.3, 0.4) is 0 Å². The molecular formula is C18H27ClN4O3. The molecule has 0 radical (unpaired) electrons. The van der Waals surface area contributed by atoms with Crippen molar-refractivity contribution in [3.05, 3.63) is 30.3 Å². The lowest BCUT2D eigenvalue weighted by molar-refractivity contribution is -0.141. The van der Waals surface area contributed by atoms with Crippen molar-refractivity contribution in [2.75, 3.05) is 31.6 Å². The highest BCUT2D eigenvalue weighted by Crippen LogP contribution is 2.23. The van der Waals surface area contributed by atoms with Gasteiger partial charge in [-0.3, -0.25) is 4.79 Å². The number of para-hydroxylation sites is 1. The Bertz CT molecular complexity index is 600. The van der Waals surface area contributed by atoms with Crippen LogP contribution in [0, 0.1) is 0 Å². The van der Waals surface area contributed by atoms with Gasteiger partial charge in [0.15, 0.2) is 0 Å². The molecule has 7 nitrogen and oxygen atoms in total. The molecule has 2 heterocycles. The lowest BCUT2D eigenvalue weighted by atomic mass is 9.88. The van der Waals surface area contributed by atoms with Crippen molar-refractivity contribution in [1.82, 2.24) is 10.2 Å². The molecule has 4 N–H and O–H groups in total. The standard InChI is InChI=1S/C18H26N4O3.ClH/c19-18(8-12-25-13-9-18)16(23)22-10-6-15(7-11-22)21-17(24)20-14-4-2-1-3-5-14;/h1-5,15H,6-13,19H2,(H2,20,21,24);1H. The zero-order valence-corrected chi connectivity index (χ0v) is 15.6. The van der Waals surface area contributed by atoms with Gasteiger partial charge in [0, 0.05) is 38.0 Å². The first-order valence-electron chi connectivity index (χ1n) is 8.85. The predicted octanol–water partition coefficient (Wildman–Crippen LogP) is 1.73. The minimum Gasteiger partial charge on any atom is -0.381 e. The normalized spacial score (nSPS) is 20.0. The van der Waals surface area contributed by atoms with E-state index in [1.165, 1.54) is 0 Å². The molecule has 0 saturated carbocycles. The van der Waals surface area contributed by atoms with Gasteiger partial charge >= 0.3 is 6.03 Å². The van der Waals surface area contributed by atoms with E-state index in [0.717, 1.165) is 18.5 Å². The van der Waals surface area contributed by atoms with Crippen LogP contribution in [0.15, 0.2) is 30.3 Å². The Labute approximate surface area is 160 Å². The molecule has 2 aliphatic rings. The zero-order chi connectivity index (χ0) is 17.7. The monoisotopic (exact) mass is 382 g/mol. The van der Waals surface area contributed by atoms with Gasteiger partial charge in [0.1, 0.15) is 0 Å². The van der Waals surface area contributed by atoms with Crippen LogP contribution in [0.1, 0.15) is 25.7 Å². The first-order chi connectivity index (χ1) is 12.1. The summed E-state index contributed by atoms with van der Waals surface area (Å²) in [4.78, 5) is 26.6. The molecule has 2 aliphatic heterocycles. The van der Waals surface area contributed by atoms with Crippen molar-refractivity contribution >= 4 is 30.0 Å². The molecule has 2 fully saturated rings. The van der Waals surface area contributed by atoms with Gasteiger partial charge in [0.25, 0.3) is 0 Å². The van der Waals surface area contributed by atoms with Gasteiger partial charge in [-0.05, 0) is 37.8 Å². The molecule has 0 unspecified atom stereocenters. The SMILES string of the molecule is Cl.NC1(C(=O)N2CCC(NC(=O)Nc3ccccc3)CC2)CCOCC1. The van der Waals surface area contributed by atoms with Crippen molar-refractivity contribution in [1.29, 1.82) is 0 Å². The van der Waals surface area contributed by atoms with Crippen molar-refractivity contribution in [2.24, 2.45) is 5.73 Å². The molecule has 1 aromatic rings. The number of piperidine rings is 1. The largest absolute Gasteiger partial charge is 0.381 e. The van der Waals surface area contributed by atoms with Gasteiger partial charge in [-0.25, -0.2) is 4.79 Å². The van der Waals surface area contributed by atoms with Gasteiger partial charge < -0.3 is 26.0 Å². The Kier molecular flexibility index (Phi) is 7.25. The van der Waals surface area contributed by atoms with Crippen LogP contribution in [0.5, 0.6) is 0 Å². The molecule has 3 rings (SSSR count). The number of amides is 3. The summed E-state index contributed by atoms with van der Waals surface area (Å²) in [6.45, 7) is 2.32. The van der Waals surface area contributed by atoms with Crippen LogP contribution in [0.4, 0.5) is 10.5 Å². The molecule has 0 bridgehead atoms. The first-order valence-corrected chi connectivity index (χ1v) is 8.85. The van der Waals surface area contributed by atoms with E-state index in [1.807, 2.05) is 35.2 Å². The highest BCUT2D eigenvalue weighted by Gasteiger charge is 2.39. The number of hydrogen-bond acceptors (Lipinski definition) is 4. The Hall–Kier alpha value is -1.83. The summed E-state index contributed by atoms with van der Waals surface area (Å²) in [6, 6.07) is 9.19. The Morgan fingerprint density at radius 3 is 2.35 bits per heavy atom. The number of hydrogen-bond donors (Lipinski definition) is 3. The summed E-state index contributed by atoms with van der Waals surface area (Å²) in [5, 5.41) is 5.79. The number of anilines is 1. The summed E-state index contributed by atoms with van der Waals surface area (Å²) in [5.41, 5.74) is 6.26. The quantitative estimate of drug-likeness (QED) is 0.741. The molecule has 8 heteroatoms. The van der Waals surface area contributed by atoms with Crippen molar-refractivity contribution in [3.63, 3.8) is 0 Å². The topological polar surface area (TPSA) is 96.7 Å². The summed E-state index contributed by atoms with van der Waals surface area (Å²) in [5.74, 6) is 0.0167. The third-order valence-electron chi connectivity index (χ3n) is 4.96. The number of rotatable bonds is 3. The molecule has 3 amide bonds. The van der Waals surface area contributed by atoms with Crippen molar-refractivity contribution in [3.8, 4) is 0 Å². The number of nitrogens with two attached hydrogens (primary N) is 1. The number of carbonyl (C=O) groups is 2. The van der Waals surface area contributed by atoms with Crippen LogP contribution < -0.4 is 16.4 Å². The molecular weight excluding hydrogens is 356 g/mol. The highest BCUT2D eigenvalue weighted by atomic mass is 35.5. The van der Waals surface area contributed by atoms with E-state index < -0.39 is 5.54 Å². The first kappa shape index (κ1) is 20.5. The second-order valence-corrected chi connectivity index (χ2v) is 6.80. The van der Waals surface area contributed by atoms with Crippen LogP contribution in [-0.2, 0) is 9.53 Å². The molecule has 0 aliphatic carbocycles. The number of carbonyl (C=O) groups excluding carboxylic acids is 2. The Balaban J connectivity index is 0.00000243. The van der Waals surface area contributed by atoms with E-state index in [1.54, 1.807) is 0 Å². The fraction of sp³-hybridized carbons (Fsp3) is 0.556. The van der Waals surface area contributed by atoms with Gasteiger partial charge in [0.2, 0.25) is 5.91 Å². The highest BCUT2D eigenvalue weighted by molar-refractivity contribution is 5.89. The number of likely N-dealkylation sites (tertiary alicyclic amines) is 1. The number of benzene rings is 1. The van der Waals surface area contributed by atoms with Crippen LogP contribution >= 0.6 is 12.4 Å². The van der Waals surface area contributed by atoms with E-state index in [2.05, 4.69) is 10.6 Å². The summed E-state index contributed by atoms with van der Waals surface area (Å²) in [7, 11) is 0. The van der Waals surface area contributed by atoms with Gasteiger partial charge in [0.05, 0.1) is 5.54 Å². The third kappa shape index (κ3) is 5.09. The van der Waals surface area contributed by atoms with Crippen molar-refractivity contribution in [2.45, 2.75) is 37.3 Å². The Morgan fingerprint density at radius 2 is 1.73 bits per heavy atom. The molecule has 144 valence electrons. The average Bonchev–Trinajstić information content (AvgIpc) is 2.63. The van der Waals surface area contributed by atoms with E-state index in [-0.39, 0.29) is 30.4 Å². The number of nitrogens with one attached hydrogen (secondary N) is 2. The van der Waals surface area contributed by atoms with Gasteiger partial charge in [-0.2, -0.15) is 0 Å². The molecule has 26 heavy (non-hydrogen) atoms. The number of halogens is 1. The fourth-order valence-electron chi connectivity index (χ4n) is 3.37. The molecule has 1 aromatic carbocycles. The maximum absolute atomic E-state index is 12.7. The van der Waals surface area contributed by atoms with E-state index in [0.29, 0.717) is 39.1 Å². The lowest BCUT2D eigenvalue weighted by Gasteiger charge is -2.40. The molecule has 0 atom stereocenters. The van der Waals surface area contributed by atoms with Gasteiger partial charge in [-0.15, -0.1) is 12.4 Å². The third-order valence-corrected chi connectivity index (χ3v) is 4.96. The minimum absolute atomic E-state index is 0. The summed E-state index contributed by atoms with van der Waals surface area (Å²) >= 11 is 0. The number of nitrogens with zero attached hydrogens (tertiary/aromatic N) is 1. The maximum atomic E-state index is 12.7. The number of ether oxygens (including phenoxy) is 1. The molecule has 0 aromatic heterocycles. The fourth-order valence-corrected chi connectivity index (χ4v) is 3.37. The summed E-state index contributed by atoms with van der Waals surface area (Å²) < 4.78 is 5.31.